The number of rotatable bonds is 3. The molecule has 0 aromatic rings. The zero-order valence-corrected chi connectivity index (χ0v) is 7.10. The molecule has 1 aliphatic rings. The zero-order chi connectivity index (χ0) is 7.82. The third-order valence-electron chi connectivity index (χ3n) is 1.09. The van der Waals surface area contributed by atoms with Crippen LogP contribution in [0.5, 0.6) is 0 Å². The molecule has 0 radical (unpaired) electrons. The molecule has 0 spiro atoms. The molecule has 0 amide bonds. The summed E-state index contributed by atoms with van der Waals surface area (Å²) >= 11 is 5.27. The van der Waals surface area contributed by atoms with E-state index in [-0.39, 0.29) is 0 Å². The van der Waals surface area contributed by atoms with Crippen LogP contribution in [0.2, 0.25) is 0 Å². The maximum atomic E-state index is 8.07. The summed E-state index contributed by atoms with van der Waals surface area (Å²) in [6.45, 7) is 3.27. The fourth-order valence-electron chi connectivity index (χ4n) is 0.315. The van der Waals surface area contributed by atoms with E-state index in [1.807, 2.05) is 0 Å². The Bertz CT molecular complexity index is 62.6. The first kappa shape index (κ1) is 10.2. The van der Waals surface area contributed by atoms with E-state index in [2.05, 4.69) is 6.92 Å². The first-order valence-corrected chi connectivity index (χ1v) is 4.17. The summed E-state index contributed by atoms with van der Waals surface area (Å²) in [7, 11) is 0. The first-order valence-electron chi connectivity index (χ1n) is 3.63. The minimum Gasteiger partial charge on any atom is -0.396 e. The molecule has 1 aliphatic heterocycles. The second kappa shape index (κ2) is 7.32. The van der Waals surface area contributed by atoms with Crippen LogP contribution in [0.15, 0.2) is 0 Å². The number of aliphatic hydroxyl groups is 1. The lowest BCUT2D eigenvalue weighted by atomic mass is 10.4. The second-order valence-corrected chi connectivity index (χ2v) is 2.50. The fourth-order valence-corrected chi connectivity index (χ4v) is 0.493. The molecule has 62 valence electrons. The maximum absolute atomic E-state index is 8.07. The third kappa shape index (κ3) is 8.21. The molecule has 1 saturated heterocycles. The maximum Gasteiger partial charge on any atom is 0.0944 e. The van der Waals surface area contributed by atoms with E-state index in [1.165, 1.54) is 0 Å². The molecule has 0 bridgehead atoms. The number of hydrogen-bond donors (Lipinski definition) is 1. The van der Waals surface area contributed by atoms with Gasteiger partial charge in [-0.2, -0.15) is 0 Å². The molecule has 3 heteroatoms. The molecular weight excluding hydrogens is 152 g/mol. The SMILES string of the molecule is CCCCO.ClCC1CO1. The van der Waals surface area contributed by atoms with Crippen LogP contribution in [-0.2, 0) is 4.74 Å². The van der Waals surface area contributed by atoms with Crippen molar-refractivity contribution in [1.82, 2.24) is 0 Å². The summed E-state index contributed by atoms with van der Waals surface area (Å²) in [5, 5.41) is 8.07. The minimum atomic E-state index is 0.344. The molecule has 0 aromatic carbocycles. The summed E-state index contributed by atoms with van der Waals surface area (Å²) in [4.78, 5) is 0. The van der Waals surface area contributed by atoms with Crippen molar-refractivity contribution >= 4 is 11.6 Å². The van der Waals surface area contributed by atoms with Gasteiger partial charge in [0.25, 0.3) is 0 Å². The van der Waals surface area contributed by atoms with Gasteiger partial charge in [0.1, 0.15) is 0 Å². The van der Waals surface area contributed by atoms with Gasteiger partial charge in [-0.3, -0.25) is 0 Å². The highest BCUT2D eigenvalue weighted by atomic mass is 35.5. The fraction of sp³-hybridized carbons (Fsp3) is 1.00. The number of ether oxygens (including phenoxy) is 1. The summed E-state index contributed by atoms with van der Waals surface area (Å²) in [5.41, 5.74) is 0. The van der Waals surface area contributed by atoms with E-state index in [0.29, 0.717) is 18.6 Å². The third-order valence-corrected chi connectivity index (χ3v) is 1.43. The topological polar surface area (TPSA) is 32.8 Å². The Hall–Kier alpha value is 0.210. The van der Waals surface area contributed by atoms with Gasteiger partial charge >= 0.3 is 0 Å². The number of halogens is 1. The highest BCUT2D eigenvalue weighted by Crippen LogP contribution is 2.08. The van der Waals surface area contributed by atoms with E-state index < -0.39 is 0 Å². The molecule has 10 heavy (non-hydrogen) atoms. The van der Waals surface area contributed by atoms with Gasteiger partial charge in [-0.1, -0.05) is 13.3 Å². The van der Waals surface area contributed by atoms with Crippen molar-refractivity contribution in [3.63, 3.8) is 0 Å². The number of alkyl halides is 1. The number of epoxide rings is 1. The lowest BCUT2D eigenvalue weighted by molar-refractivity contribution is 0.287. The Balaban J connectivity index is 0.000000162. The summed E-state index contributed by atoms with van der Waals surface area (Å²) < 4.78 is 4.73. The molecule has 1 fully saturated rings. The molecule has 0 aliphatic carbocycles. The van der Waals surface area contributed by atoms with E-state index in [1.54, 1.807) is 0 Å². The molecule has 0 saturated carbocycles. The van der Waals surface area contributed by atoms with Gasteiger partial charge in [-0.15, -0.1) is 11.6 Å². The largest absolute Gasteiger partial charge is 0.396 e. The molecule has 1 rings (SSSR count). The zero-order valence-electron chi connectivity index (χ0n) is 6.35. The van der Waals surface area contributed by atoms with Crippen LogP contribution < -0.4 is 0 Å². The van der Waals surface area contributed by atoms with Gasteiger partial charge in [0.2, 0.25) is 0 Å². The second-order valence-electron chi connectivity index (χ2n) is 2.19. The van der Waals surface area contributed by atoms with Crippen LogP contribution in [-0.4, -0.2) is 30.3 Å². The van der Waals surface area contributed by atoms with Gasteiger partial charge in [-0.05, 0) is 6.42 Å². The molecule has 1 heterocycles. The predicted molar refractivity (Wildman–Crippen MR) is 42.5 cm³/mol. The predicted octanol–water partition coefficient (Wildman–Crippen LogP) is 1.40. The van der Waals surface area contributed by atoms with Crippen LogP contribution >= 0.6 is 11.6 Å². The molecule has 1 N–H and O–H groups in total. The average Bonchev–Trinajstić information content (AvgIpc) is 2.72. The molecule has 1 unspecified atom stereocenters. The van der Waals surface area contributed by atoms with E-state index in [4.69, 9.17) is 21.4 Å². The van der Waals surface area contributed by atoms with E-state index in [9.17, 15) is 0 Å². The molecule has 0 aromatic heterocycles. The van der Waals surface area contributed by atoms with Crippen molar-refractivity contribution in [3.05, 3.63) is 0 Å². The van der Waals surface area contributed by atoms with Gasteiger partial charge in [0.05, 0.1) is 18.6 Å². The summed E-state index contributed by atoms with van der Waals surface area (Å²) in [6.07, 6.45) is 2.44. The normalized spacial score (nSPS) is 21.3. The molecular formula is C7H15ClO2. The standard InChI is InChI=1S/C4H10O.C3H5ClO/c1-2-3-4-5;4-1-3-2-5-3/h5H,2-4H2,1H3;3H,1-2H2. The van der Waals surface area contributed by atoms with Crippen LogP contribution in [0.25, 0.3) is 0 Å². The van der Waals surface area contributed by atoms with Gasteiger partial charge in [-0.25, -0.2) is 0 Å². The highest BCUT2D eigenvalue weighted by Gasteiger charge is 2.19. The van der Waals surface area contributed by atoms with Crippen LogP contribution in [0.4, 0.5) is 0 Å². The number of hydrogen-bond acceptors (Lipinski definition) is 2. The van der Waals surface area contributed by atoms with E-state index >= 15 is 0 Å². The Morgan fingerprint density at radius 1 is 1.70 bits per heavy atom. The smallest absolute Gasteiger partial charge is 0.0944 e. The lowest BCUT2D eigenvalue weighted by Crippen LogP contribution is -1.80. The Kier molecular flexibility index (Phi) is 7.47. The van der Waals surface area contributed by atoms with E-state index in [0.717, 1.165) is 19.4 Å². The number of aliphatic hydroxyl groups excluding tert-OH is 1. The quantitative estimate of drug-likeness (QED) is 0.508. The van der Waals surface area contributed by atoms with Crippen molar-refractivity contribution in [2.75, 3.05) is 19.1 Å². The van der Waals surface area contributed by atoms with Crippen LogP contribution in [0, 0.1) is 0 Å². The van der Waals surface area contributed by atoms with Crippen molar-refractivity contribution in [3.8, 4) is 0 Å². The van der Waals surface area contributed by atoms with Crippen molar-refractivity contribution in [2.24, 2.45) is 0 Å². The monoisotopic (exact) mass is 166 g/mol. The summed E-state index contributed by atoms with van der Waals surface area (Å²) in [6, 6.07) is 0. The molecule has 2 nitrogen and oxygen atoms in total. The van der Waals surface area contributed by atoms with Gasteiger partial charge in [0.15, 0.2) is 0 Å². The van der Waals surface area contributed by atoms with Crippen molar-refractivity contribution in [2.45, 2.75) is 25.9 Å². The first-order chi connectivity index (χ1) is 4.85. The van der Waals surface area contributed by atoms with Crippen molar-refractivity contribution in [1.29, 1.82) is 0 Å². The van der Waals surface area contributed by atoms with Crippen molar-refractivity contribution < 1.29 is 9.84 Å². The lowest BCUT2D eigenvalue weighted by Gasteiger charge is -1.79. The number of unbranched alkanes of at least 4 members (excludes halogenated alkanes) is 1. The Labute approximate surface area is 67.1 Å². The minimum absolute atomic E-state index is 0.344. The van der Waals surface area contributed by atoms with Gasteiger partial charge < -0.3 is 9.84 Å². The average molecular weight is 167 g/mol. The van der Waals surface area contributed by atoms with Crippen LogP contribution in [0.1, 0.15) is 19.8 Å². The van der Waals surface area contributed by atoms with Gasteiger partial charge in [0, 0.05) is 6.61 Å². The Morgan fingerprint density at radius 3 is 2.30 bits per heavy atom. The Morgan fingerprint density at radius 2 is 2.30 bits per heavy atom. The summed E-state index contributed by atoms with van der Waals surface area (Å²) in [5.74, 6) is 0.667. The molecule has 1 atom stereocenters. The highest BCUT2D eigenvalue weighted by molar-refractivity contribution is 6.18. The van der Waals surface area contributed by atoms with Crippen LogP contribution in [0.3, 0.4) is 0 Å².